The summed E-state index contributed by atoms with van der Waals surface area (Å²) in [6.45, 7) is 8.23. The lowest BCUT2D eigenvalue weighted by Gasteiger charge is -2.42. The molecule has 112 valence electrons. The van der Waals surface area contributed by atoms with Gasteiger partial charge in [0.25, 0.3) is 0 Å². The summed E-state index contributed by atoms with van der Waals surface area (Å²) >= 11 is 6.00. The van der Waals surface area contributed by atoms with E-state index >= 15 is 0 Å². The molecule has 4 heteroatoms. The van der Waals surface area contributed by atoms with Crippen molar-refractivity contribution in [2.24, 2.45) is 5.73 Å². The molecule has 1 heterocycles. The van der Waals surface area contributed by atoms with Crippen LogP contribution in [-0.2, 0) is 4.74 Å². The Kier molecular flexibility index (Phi) is 5.44. The first-order valence-corrected chi connectivity index (χ1v) is 7.79. The van der Waals surface area contributed by atoms with E-state index in [2.05, 4.69) is 37.8 Å². The van der Waals surface area contributed by atoms with Crippen molar-refractivity contribution in [2.45, 2.75) is 51.5 Å². The number of nitrogens with zero attached hydrogens (tertiary/aromatic N) is 1. The second-order valence-electron chi connectivity index (χ2n) is 5.78. The van der Waals surface area contributed by atoms with E-state index in [-0.39, 0.29) is 24.3 Å². The predicted molar refractivity (Wildman–Crippen MR) is 84.0 cm³/mol. The average Bonchev–Trinajstić information content (AvgIpc) is 2.40. The maximum Gasteiger partial charge on any atom is 0.0678 e. The van der Waals surface area contributed by atoms with Gasteiger partial charge in [-0.05, 0) is 38.0 Å². The van der Waals surface area contributed by atoms with Gasteiger partial charge in [-0.3, -0.25) is 4.90 Å². The molecule has 4 unspecified atom stereocenters. The van der Waals surface area contributed by atoms with Crippen LogP contribution in [0.2, 0.25) is 5.02 Å². The molecule has 0 bridgehead atoms. The van der Waals surface area contributed by atoms with Gasteiger partial charge in [0.05, 0.1) is 18.2 Å². The van der Waals surface area contributed by atoms with Crippen LogP contribution >= 0.6 is 11.6 Å². The fraction of sp³-hybridized carbons (Fsp3) is 0.625. The highest BCUT2D eigenvalue weighted by molar-refractivity contribution is 6.30. The predicted octanol–water partition coefficient (Wildman–Crippen LogP) is 3.23. The van der Waals surface area contributed by atoms with Crippen LogP contribution in [0, 0.1) is 0 Å². The lowest BCUT2D eigenvalue weighted by molar-refractivity contribution is -0.0838. The summed E-state index contributed by atoms with van der Waals surface area (Å²) in [5.74, 6) is 0. The lowest BCUT2D eigenvalue weighted by atomic mass is 9.95. The molecule has 2 N–H and O–H groups in total. The molecule has 0 saturated carbocycles. The third-order valence-electron chi connectivity index (χ3n) is 3.93. The van der Waals surface area contributed by atoms with E-state index in [1.807, 2.05) is 12.1 Å². The molecule has 1 fully saturated rings. The summed E-state index contributed by atoms with van der Waals surface area (Å²) < 4.78 is 5.83. The Morgan fingerprint density at radius 3 is 2.30 bits per heavy atom. The molecule has 20 heavy (non-hydrogen) atoms. The fourth-order valence-electron chi connectivity index (χ4n) is 3.06. The Labute approximate surface area is 127 Å². The van der Waals surface area contributed by atoms with Crippen molar-refractivity contribution in [3.63, 3.8) is 0 Å². The van der Waals surface area contributed by atoms with Gasteiger partial charge in [-0.15, -0.1) is 0 Å². The maximum absolute atomic E-state index is 6.39. The Bertz CT molecular complexity index is 413. The first-order valence-electron chi connectivity index (χ1n) is 7.41. The quantitative estimate of drug-likeness (QED) is 0.927. The van der Waals surface area contributed by atoms with Crippen molar-refractivity contribution in [3.8, 4) is 0 Å². The van der Waals surface area contributed by atoms with Crippen LogP contribution in [0.1, 0.15) is 38.8 Å². The monoisotopic (exact) mass is 296 g/mol. The zero-order chi connectivity index (χ0) is 14.7. The lowest BCUT2D eigenvalue weighted by Crippen LogP contribution is -2.51. The van der Waals surface area contributed by atoms with Crippen LogP contribution in [0.15, 0.2) is 24.3 Å². The number of morpholine rings is 1. The van der Waals surface area contributed by atoms with Crippen LogP contribution in [0.5, 0.6) is 0 Å². The van der Waals surface area contributed by atoms with Crippen molar-refractivity contribution < 1.29 is 4.74 Å². The van der Waals surface area contributed by atoms with Crippen LogP contribution in [0.3, 0.4) is 0 Å². The van der Waals surface area contributed by atoms with E-state index in [0.29, 0.717) is 0 Å². The molecule has 0 aromatic heterocycles. The van der Waals surface area contributed by atoms with E-state index in [1.54, 1.807) is 0 Å². The molecular weight excluding hydrogens is 272 g/mol. The highest BCUT2D eigenvalue weighted by atomic mass is 35.5. The number of ether oxygens (including phenoxy) is 1. The Hall–Kier alpha value is -0.610. The SMILES string of the molecule is CCC(N)C(c1ccc(Cl)cc1)N1CC(C)OC(C)C1. The zero-order valence-electron chi connectivity index (χ0n) is 12.6. The summed E-state index contributed by atoms with van der Waals surface area (Å²) in [5.41, 5.74) is 7.63. The number of hydrogen-bond acceptors (Lipinski definition) is 3. The van der Waals surface area contributed by atoms with Crippen LogP contribution < -0.4 is 5.73 Å². The maximum atomic E-state index is 6.39. The molecule has 1 aromatic rings. The minimum Gasteiger partial charge on any atom is -0.373 e. The van der Waals surface area contributed by atoms with Gasteiger partial charge >= 0.3 is 0 Å². The van der Waals surface area contributed by atoms with Crippen LogP contribution in [-0.4, -0.2) is 36.2 Å². The van der Waals surface area contributed by atoms with Gasteiger partial charge in [0.2, 0.25) is 0 Å². The number of nitrogens with two attached hydrogens (primary N) is 1. The van der Waals surface area contributed by atoms with E-state index in [9.17, 15) is 0 Å². The average molecular weight is 297 g/mol. The second kappa shape index (κ2) is 6.90. The van der Waals surface area contributed by atoms with Gasteiger partial charge in [0.15, 0.2) is 0 Å². The molecule has 2 rings (SSSR count). The first kappa shape index (κ1) is 15.8. The Morgan fingerprint density at radius 2 is 1.80 bits per heavy atom. The molecule has 1 saturated heterocycles. The summed E-state index contributed by atoms with van der Waals surface area (Å²) in [6, 6.07) is 8.42. The van der Waals surface area contributed by atoms with Crippen molar-refractivity contribution in [1.29, 1.82) is 0 Å². The molecule has 0 radical (unpaired) electrons. The van der Waals surface area contributed by atoms with Crippen LogP contribution in [0.4, 0.5) is 0 Å². The van der Waals surface area contributed by atoms with Gasteiger partial charge in [-0.25, -0.2) is 0 Å². The third kappa shape index (κ3) is 3.73. The minimum atomic E-state index is 0.119. The van der Waals surface area contributed by atoms with Crippen molar-refractivity contribution >= 4 is 11.6 Å². The fourth-order valence-corrected chi connectivity index (χ4v) is 3.18. The molecule has 0 amide bonds. The summed E-state index contributed by atoms with van der Waals surface area (Å²) in [4.78, 5) is 2.45. The third-order valence-corrected chi connectivity index (χ3v) is 4.18. The number of benzene rings is 1. The van der Waals surface area contributed by atoms with Crippen molar-refractivity contribution in [1.82, 2.24) is 4.90 Å². The molecule has 0 aliphatic carbocycles. The van der Waals surface area contributed by atoms with Gasteiger partial charge < -0.3 is 10.5 Å². The first-order chi connectivity index (χ1) is 9.51. The number of hydrogen-bond donors (Lipinski definition) is 1. The highest BCUT2D eigenvalue weighted by Crippen LogP contribution is 2.29. The molecule has 3 nitrogen and oxygen atoms in total. The molecule has 4 atom stereocenters. The number of halogens is 1. The smallest absolute Gasteiger partial charge is 0.0678 e. The normalized spacial score (nSPS) is 27.2. The zero-order valence-corrected chi connectivity index (χ0v) is 13.3. The Morgan fingerprint density at radius 1 is 1.25 bits per heavy atom. The van der Waals surface area contributed by atoms with E-state index in [0.717, 1.165) is 24.5 Å². The van der Waals surface area contributed by atoms with Crippen molar-refractivity contribution in [2.75, 3.05) is 13.1 Å². The van der Waals surface area contributed by atoms with Gasteiger partial charge in [0, 0.05) is 24.2 Å². The van der Waals surface area contributed by atoms with Crippen molar-refractivity contribution in [3.05, 3.63) is 34.9 Å². The van der Waals surface area contributed by atoms with E-state index in [4.69, 9.17) is 22.1 Å². The summed E-state index contributed by atoms with van der Waals surface area (Å²) in [7, 11) is 0. The standard InChI is InChI=1S/C16H25ClN2O/c1-4-15(18)16(13-5-7-14(17)8-6-13)19-9-11(2)20-12(3)10-19/h5-8,11-12,15-16H,4,9-10,18H2,1-3H3. The topological polar surface area (TPSA) is 38.5 Å². The molecule has 1 aliphatic heterocycles. The van der Waals surface area contributed by atoms with Crippen LogP contribution in [0.25, 0.3) is 0 Å². The summed E-state index contributed by atoms with van der Waals surface area (Å²) in [5, 5.41) is 0.765. The largest absolute Gasteiger partial charge is 0.373 e. The second-order valence-corrected chi connectivity index (χ2v) is 6.22. The van der Waals surface area contributed by atoms with Gasteiger partial charge in [0.1, 0.15) is 0 Å². The minimum absolute atomic E-state index is 0.119. The highest BCUT2D eigenvalue weighted by Gasteiger charge is 2.31. The van der Waals surface area contributed by atoms with E-state index in [1.165, 1.54) is 5.56 Å². The van der Waals surface area contributed by atoms with Gasteiger partial charge in [-0.2, -0.15) is 0 Å². The summed E-state index contributed by atoms with van der Waals surface area (Å²) in [6.07, 6.45) is 1.45. The number of rotatable bonds is 4. The molecular formula is C16H25ClN2O. The molecule has 1 aliphatic rings. The Balaban J connectivity index is 2.25. The molecule has 0 spiro atoms. The molecule has 1 aromatic carbocycles. The van der Waals surface area contributed by atoms with E-state index < -0.39 is 0 Å². The van der Waals surface area contributed by atoms with Gasteiger partial charge in [-0.1, -0.05) is 30.7 Å².